The summed E-state index contributed by atoms with van der Waals surface area (Å²) >= 11 is 0. The number of nitrogens with two attached hydrogens (primary N) is 1. The van der Waals surface area contributed by atoms with E-state index in [-0.39, 0.29) is 30.4 Å². The van der Waals surface area contributed by atoms with Crippen molar-refractivity contribution in [1.82, 2.24) is 4.90 Å². The molecule has 3 nitrogen and oxygen atoms in total. The average molecular weight is 269 g/mol. The summed E-state index contributed by atoms with van der Waals surface area (Å²) in [5, 5.41) is 0. The van der Waals surface area contributed by atoms with Crippen LogP contribution in [0.2, 0.25) is 0 Å². The minimum Gasteiger partial charge on any atom is -0.334 e. The first-order valence-electron chi connectivity index (χ1n) is 6.32. The third-order valence-electron chi connectivity index (χ3n) is 3.44. The van der Waals surface area contributed by atoms with E-state index in [2.05, 4.69) is 0 Å². The minimum atomic E-state index is 0. The van der Waals surface area contributed by atoms with Gasteiger partial charge in [-0.25, -0.2) is 0 Å². The van der Waals surface area contributed by atoms with Gasteiger partial charge in [0.2, 0.25) is 0 Å². The van der Waals surface area contributed by atoms with E-state index in [4.69, 9.17) is 5.73 Å². The van der Waals surface area contributed by atoms with E-state index >= 15 is 0 Å². The fourth-order valence-electron chi connectivity index (χ4n) is 2.50. The molecule has 1 aliphatic heterocycles. The Hall–Kier alpha value is -1.06. The van der Waals surface area contributed by atoms with Crippen LogP contribution in [0.25, 0.3) is 0 Å². The quantitative estimate of drug-likeness (QED) is 0.896. The van der Waals surface area contributed by atoms with Crippen LogP contribution in [0.1, 0.15) is 36.5 Å². The van der Waals surface area contributed by atoms with E-state index in [1.54, 1.807) is 0 Å². The molecule has 100 valence electrons. The summed E-state index contributed by atoms with van der Waals surface area (Å²) in [6, 6.07) is 9.70. The molecule has 4 heteroatoms. The summed E-state index contributed by atoms with van der Waals surface area (Å²) in [6.45, 7) is 2.82. The van der Waals surface area contributed by atoms with Crippen LogP contribution in [0.15, 0.2) is 30.3 Å². The lowest BCUT2D eigenvalue weighted by Gasteiger charge is -2.38. The van der Waals surface area contributed by atoms with Gasteiger partial charge in [-0.05, 0) is 38.3 Å². The summed E-state index contributed by atoms with van der Waals surface area (Å²) in [4.78, 5) is 14.3. The van der Waals surface area contributed by atoms with Gasteiger partial charge in [0.25, 0.3) is 5.91 Å². The Morgan fingerprint density at radius 1 is 1.33 bits per heavy atom. The molecule has 1 fully saturated rings. The van der Waals surface area contributed by atoms with Crippen molar-refractivity contribution in [3.63, 3.8) is 0 Å². The first-order chi connectivity index (χ1) is 8.20. The first kappa shape index (κ1) is 15.0. The van der Waals surface area contributed by atoms with Gasteiger partial charge in [0.15, 0.2) is 0 Å². The second-order valence-electron chi connectivity index (χ2n) is 4.79. The molecule has 1 aliphatic rings. The van der Waals surface area contributed by atoms with Gasteiger partial charge in [-0.2, -0.15) is 0 Å². The fourth-order valence-corrected chi connectivity index (χ4v) is 2.50. The molecule has 0 aromatic heterocycles. The maximum absolute atomic E-state index is 12.4. The van der Waals surface area contributed by atoms with Gasteiger partial charge in [0.05, 0.1) is 0 Å². The van der Waals surface area contributed by atoms with Crippen LogP contribution < -0.4 is 5.73 Å². The van der Waals surface area contributed by atoms with Crippen molar-refractivity contribution in [2.75, 3.05) is 6.54 Å². The van der Waals surface area contributed by atoms with Gasteiger partial charge in [0.1, 0.15) is 0 Å². The van der Waals surface area contributed by atoms with Crippen molar-refractivity contribution < 1.29 is 4.79 Å². The van der Waals surface area contributed by atoms with E-state index in [0.717, 1.165) is 24.9 Å². The van der Waals surface area contributed by atoms with Gasteiger partial charge >= 0.3 is 0 Å². The van der Waals surface area contributed by atoms with Gasteiger partial charge < -0.3 is 10.6 Å². The van der Waals surface area contributed by atoms with E-state index in [1.165, 1.54) is 6.42 Å². The predicted molar refractivity (Wildman–Crippen MR) is 76.0 cm³/mol. The molecule has 0 saturated carbocycles. The van der Waals surface area contributed by atoms with E-state index in [0.29, 0.717) is 0 Å². The second kappa shape index (κ2) is 6.76. The number of nitrogens with zero attached hydrogens (tertiary/aromatic N) is 1. The van der Waals surface area contributed by atoms with Crippen molar-refractivity contribution in [1.29, 1.82) is 0 Å². The zero-order valence-electron chi connectivity index (χ0n) is 10.7. The number of piperidine rings is 1. The number of rotatable bonds is 2. The molecule has 0 radical (unpaired) electrons. The van der Waals surface area contributed by atoms with E-state index < -0.39 is 0 Å². The molecule has 1 aromatic rings. The lowest BCUT2D eigenvalue weighted by atomic mass is 9.96. The highest BCUT2D eigenvalue weighted by Crippen LogP contribution is 2.21. The molecule has 1 amide bonds. The van der Waals surface area contributed by atoms with Gasteiger partial charge in [-0.1, -0.05) is 18.2 Å². The van der Waals surface area contributed by atoms with Crippen LogP contribution in [0.4, 0.5) is 0 Å². The Kier molecular flexibility index (Phi) is 5.63. The molecule has 1 aromatic carbocycles. The molecule has 0 bridgehead atoms. The lowest BCUT2D eigenvalue weighted by Crippen LogP contribution is -2.51. The van der Waals surface area contributed by atoms with Crippen molar-refractivity contribution in [3.8, 4) is 0 Å². The fraction of sp³-hybridized carbons (Fsp3) is 0.500. The normalized spacial score (nSPS) is 21.0. The van der Waals surface area contributed by atoms with Crippen LogP contribution in [0, 0.1) is 0 Å². The lowest BCUT2D eigenvalue weighted by molar-refractivity contribution is 0.0584. The predicted octanol–water partition coefficient (Wildman–Crippen LogP) is 2.45. The Labute approximate surface area is 115 Å². The van der Waals surface area contributed by atoms with Crippen LogP contribution in [0.5, 0.6) is 0 Å². The summed E-state index contributed by atoms with van der Waals surface area (Å²) in [5.74, 6) is 0.118. The summed E-state index contributed by atoms with van der Waals surface area (Å²) < 4.78 is 0. The van der Waals surface area contributed by atoms with Gasteiger partial charge in [-0.15, -0.1) is 12.4 Å². The standard InChI is InChI=1S/C14H20N2O.ClH/c1-11(15)13-9-5-6-10-16(13)14(17)12-7-3-2-4-8-12;/h2-4,7-8,11,13H,5-6,9-10,15H2,1H3;1H. The zero-order valence-corrected chi connectivity index (χ0v) is 11.5. The van der Waals surface area contributed by atoms with Crippen molar-refractivity contribution >= 4 is 18.3 Å². The molecule has 0 aliphatic carbocycles. The van der Waals surface area contributed by atoms with Crippen LogP contribution in [0.3, 0.4) is 0 Å². The Morgan fingerprint density at radius 2 is 2.00 bits per heavy atom. The number of hydrogen-bond acceptors (Lipinski definition) is 2. The molecular formula is C14H21ClN2O. The summed E-state index contributed by atoms with van der Waals surface area (Å²) in [5.41, 5.74) is 6.74. The smallest absolute Gasteiger partial charge is 0.254 e. The Bertz CT molecular complexity index is 381. The summed E-state index contributed by atoms with van der Waals surface area (Å²) in [7, 11) is 0. The number of likely N-dealkylation sites (tertiary alicyclic amines) is 1. The number of hydrogen-bond donors (Lipinski definition) is 1. The summed E-state index contributed by atoms with van der Waals surface area (Å²) in [6.07, 6.45) is 3.28. The van der Waals surface area contributed by atoms with Crippen LogP contribution >= 0.6 is 12.4 Å². The van der Waals surface area contributed by atoms with Crippen molar-refractivity contribution in [2.24, 2.45) is 5.73 Å². The number of benzene rings is 1. The number of carbonyl (C=O) groups is 1. The number of amides is 1. The maximum atomic E-state index is 12.4. The molecule has 18 heavy (non-hydrogen) atoms. The van der Waals surface area contributed by atoms with Crippen molar-refractivity contribution in [2.45, 2.75) is 38.3 Å². The molecule has 2 rings (SSSR count). The van der Waals surface area contributed by atoms with Crippen LogP contribution in [-0.4, -0.2) is 29.4 Å². The number of carbonyl (C=O) groups excluding carboxylic acids is 1. The van der Waals surface area contributed by atoms with Gasteiger partial charge in [0, 0.05) is 24.2 Å². The molecule has 2 atom stereocenters. The Morgan fingerprint density at radius 3 is 2.61 bits per heavy atom. The zero-order chi connectivity index (χ0) is 12.3. The minimum absolute atomic E-state index is 0. The highest BCUT2D eigenvalue weighted by atomic mass is 35.5. The number of halogens is 1. The SMILES string of the molecule is CC(N)C1CCCCN1C(=O)c1ccccc1.Cl. The highest BCUT2D eigenvalue weighted by Gasteiger charge is 2.29. The van der Waals surface area contributed by atoms with Crippen LogP contribution in [-0.2, 0) is 0 Å². The highest BCUT2D eigenvalue weighted by molar-refractivity contribution is 5.94. The third kappa shape index (κ3) is 3.24. The average Bonchev–Trinajstić information content (AvgIpc) is 2.39. The third-order valence-corrected chi connectivity index (χ3v) is 3.44. The van der Waals surface area contributed by atoms with Gasteiger partial charge in [-0.3, -0.25) is 4.79 Å². The van der Waals surface area contributed by atoms with E-state index in [9.17, 15) is 4.79 Å². The molecule has 2 unspecified atom stereocenters. The first-order valence-corrected chi connectivity index (χ1v) is 6.32. The largest absolute Gasteiger partial charge is 0.334 e. The monoisotopic (exact) mass is 268 g/mol. The Balaban J connectivity index is 0.00000162. The van der Waals surface area contributed by atoms with Crippen molar-refractivity contribution in [3.05, 3.63) is 35.9 Å². The topological polar surface area (TPSA) is 46.3 Å². The molecule has 2 N–H and O–H groups in total. The molecule has 1 heterocycles. The maximum Gasteiger partial charge on any atom is 0.254 e. The van der Waals surface area contributed by atoms with E-state index in [1.807, 2.05) is 42.2 Å². The molecular weight excluding hydrogens is 248 g/mol. The molecule has 0 spiro atoms. The molecule has 1 saturated heterocycles. The second-order valence-corrected chi connectivity index (χ2v) is 4.79.